The first kappa shape index (κ1) is 14.5. The predicted octanol–water partition coefficient (Wildman–Crippen LogP) is 1.73. The molecule has 1 saturated heterocycles. The Kier molecular flexibility index (Phi) is 4.71. The van der Waals surface area contributed by atoms with Crippen molar-refractivity contribution in [3.63, 3.8) is 0 Å². The van der Waals surface area contributed by atoms with Crippen molar-refractivity contribution in [2.75, 3.05) is 6.54 Å². The molecule has 0 aliphatic carbocycles. The molecule has 1 amide bonds. The van der Waals surface area contributed by atoms with E-state index in [-0.39, 0.29) is 5.91 Å². The second kappa shape index (κ2) is 6.50. The third-order valence-corrected chi connectivity index (χ3v) is 3.79. The van der Waals surface area contributed by atoms with E-state index in [9.17, 15) is 14.7 Å². The highest BCUT2D eigenvalue weighted by Crippen LogP contribution is 2.23. The largest absolute Gasteiger partial charge is 0.480 e. The third kappa shape index (κ3) is 3.56. The number of hydrogen-bond donors (Lipinski definition) is 1. The number of rotatable bonds is 4. The van der Waals surface area contributed by atoms with E-state index in [0.29, 0.717) is 31.7 Å². The lowest BCUT2D eigenvalue weighted by atomic mass is 9.92. The van der Waals surface area contributed by atoms with Crippen molar-refractivity contribution in [2.24, 2.45) is 5.92 Å². The van der Waals surface area contributed by atoms with Gasteiger partial charge in [-0.1, -0.05) is 13.0 Å². The summed E-state index contributed by atoms with van der Waals surface area (Å²) in [5.41, 5.74) is 0.859. The molecule has 20 heavy (non-hydrogen) atoms. The van der Waals surface area contributed by atoms with E-state index in [1.54, 1.807) is 6.20 Å². The van der Waals surface area contributed by atoms with Crippen LogP contribution in [0.2, 0.25) is 0 Å². The fraction of sp³-hybridized carbons (Fsp3) is 0.533. The van der Waals surface area contributed by atoms with Gasteiger partial charge in [-0.2, -0.15) is 0 Å². The standard InChI is InChI=1S/C15H20N2O3/c1-11-7-9-17(13(10-11)15(19)20)14(18)6-5-12-4-2-3-8-16-12/h2-4,8,11,13H,5-7,9-10H2,1H3,(H,19,20). The minimum absolute atomic E-state index is 0.0880. The molecule has 0 aromatic carbocycles. The van der Waals surface area contributed by atoms with Gasteiger partial charge in [0, 0.05) is 24.9 Å². The van der Waals surface area contributed by atoms with Gasteiger partial charge in [0.2, 0.25) is 5.91 Å². The molecule has 1 aliphatic heterocycles. The molecule has 1 fully saturated rings. The molecule has 2 atom stereocenters. The highest BCUT2D eigenvalue weighted by Gasteiger charge is 2.34. The van der Waals surface area contributed by atoms with E-state index >= 15 is 0 Å². The summed E-state index contributed by atoms with van der Waals surface area (Å²) in [5, 5.41) is 9.25. The van der Waals surface area contributed by atoms with E-state index in [0.717, 1.165) is 12.1 Å². The number of hydrogen-bond acceptors (Lipinski definition) is 3. The van der Waals surface area contributed by atoms with Crippen molar-refractivity contribution >= 4 is 11.9 Å². The van der Waals surface area contributed by atoms with Crippen molar-refractivity contribution in [2.45, 2.75) is 38.6 Å². The molecule has 0 bridgehead atoms. The third-order valence-electron chi connectivity index (χ3n) is 3.79. The SMILES string of the molecule is CC1CCN(C(=O)CCc2ccccn2)C(C(=O)O)C1. The minimum Gasteiger partial charge on any atom is -0.480 e. The van der Waals surface area contributed by atoms with Crippen LogP contribution in [0.1, 0.15) is 31.9 Å². The smallest absolute Gasteiger partial charge is 0.326 e. The molecular weight excluding hydrogens is 256 g/mol. The maximum Gasteiger partial charge on any atom is 0.326 e. The number of pyridine rings is 1. The number of amides is 1. The Morgan fingerprint density at radius 1 is 1.45 bits per heavy atom. The number of aryl methyl sites for hydroxylation is 1. The van der Waals surface area contributed by atoms with Crippen LogP contribution in [0.3, 0.4) is 0 Å². The molecule has 2 heterocycles. The first-order valence-electron chi connectivity index (χ1n) is 7.00. The number of piperidine rings is 1. The summed E-state index contributed by atoms with van der Waals surface area (Å²) in [6.07, 6.45) is 3.99. The normalized spacial score (nSPS) is 22.6. The average molecular weight is 276 g/mol. The number of carboxylic acids is 1. The zero-order valence-corrected chi connectivity index (χ0v) is 11.7. The maximum absolute atomic E-state index is 12.2. The Bertz CT molecular complexity index is 475. The van der Waals surface area contributed by atoms with Crippen molar-refractivity contribution in [1.82, 2.24) is 9.88 Å². The number of likely N-dealkylation sites (tertiary alicyclic amines) is 1. The van der Waals surface area contributed by atoms with Crippen LogP contribution in [-0.2, 0) is 16.0 Å². The molecule has 2 unspecified atom stereocenters. The van der Waals surface area contributed by atoms with Crippen molar-refractivity contribution < 1.29 is 14.7 Å². The van der Waals surface area contributed by atoms with Gasteiger partial charge in [0.25, 0.3) is 0 Å². The maximum atomic E-state index is 12.2. The summed E-state index contributed by atoms with van der Waals surface area (Å²) in [6, 6.07) is 4.92. The molecule has 108 valence electrons. The van der Waals surface area contributed by atoms with E-state index in [1.807, 2.05) is 25.1 Å². The molecule has 1 aromatic heterocycles. The highest BCUT2D eigenvalue weighted by molar-refractivity contribution is 5.84. The molecule has 1 N–H and O–H groups in total. The Labute approximate surface area is 118 Å². The number of carbonyl (C=O) groups excluding carboxylic acids is 1. The first-order chi connectivity index (χ1) is 9.58. The number of carboxylic acid groups (broad SMARTS) is 1. The fourth-order valence-corrected chi connectivity index (χ4v) is 2.60. The van der Waals surface area contributed by atoms with Gasteiger partial charge in [-0.3, -0.25) is 9.78 Å². The Hall–Kier alpha value is -1.91. The number of nitrogens with zero attached hydrogens (tertiary/aromatic N) is 2. The zero-order chi connectivity index (χ0) is 14.5. The summed E-state index contributed by atoms with van der Waals surface area (Å²) in [5.74, 6) is -0.631. The van der Waals surface area contributed by atoms with E-state index in [1.165, 1.54) is 4.90 Å². The van der Waals surface area contributed by atoms with Gasteiger partial charge in [0.15, 0.2) is 0 Å². The summed E-state index contributed by atoms with van der Waals surface area (Å²) >= 11 is 0. The summed E-state index contributed by atoms with van der Waals surface area (Å²) in [4.78, 5) is 29.2. The number of aliphatic carboxylic acids is 1. The van der Waals surface area contributed by atoms with Crippen molar-refractivity contribution in [3.05, 3.63) is 30.1 Å². The fourth-order valence-electron chi connectivity index (χ4n) is 2.60. The zero-order valence-electron chi connectivity index (χ0n) is 11.7. The van der Waals surface area contributed by atoms with Crippen LogP contribution in [0.15, 0.2) is 24.4 Å². The molecule has 0 spiro atoms. The van der Waals surface area contributed by atoms with Gasteiger partial charge in [-0.25, -0.2) is 4.79 Å². The molecule has 0 saturated carbocycles. The van der Waals surface area contributed by atoms with Crippen LogP contribution in [0.5, 0.6) is 0 Å². The minimum atomic E-state index is -0.900. The Morgan fingerprint density at radius 3 is 2.90 bits per heavy atom. The van der Waals surface area contributed by atoms with Gasteiger partial charge in [-0.15, -0.1) is 0 Å². The van der Waals surface area contributed by atoms with E-state index in [2.05, 4.69) is 4.98 Å². The van der Waals surface area contributed by atoms with Crippen LogP contribution < -0.4 is 0 Å². The van der Waals surface area contributed by atoms with E-state index in [4.69, 9.17) is 0 Å². The summed E-state index contributed by atoms with van der Waals surface area (Å²) < 4.78 is 0. The second-order valence-corrected chi connectivity index (χ2v) is 5.39. The molecule has 5 nitrogen and oxygen atoms in total. The molecule has 0 radical (unpaired) electrons. The average Bonchev–Trinajstić information content (AvgIpc) is 2.45. The molecular formula is C15H20N2O3. The molecule has 1 aromatic rings. The quantitative estimate of drug-likeness (QED) is 0.909. The van der Waals surface area contributed by atoms with Crippen molar-refractivity contribution in [3.8, 4) is 0 Å². The summed E-state index contributed by atoms with van der Waals surface area (Å²) in [6.45, 7) is 2.57. The monoisotopic (exact) mass is 276 g/mol. The first-order valence-corrected chi connectivity index (χ1v) is 7.00. The van der Waals surface area contributed by atoms with Crippen LogP contribution >= 0.6 is 0 Å². The van der Waals surface area contributed by atoms with E-state index < -0.39 is 12.0 Å². The Morgan fingerprint density at radius 2 is 2.25 bits per heavy atom. The topological polar surface area (TPSA) is 70.5 Å². The summed E-state index contributed by atoms with van der Waals surface area (Å²) in [7, 11) is 0. The number of carbonyl (C=O) groups is 2. The lowest BCUT2D eigenvalue weighted by molar-refractivity contribution is -0.153. The van der Waals surface area contributed by atoms with Gasteiger partial charge in [-0.05, 0) is 37.3 Å². The van der Waals surface area contributed by atoms with Crippen LogP contribution in [-0.4, -0.2) is 39.5 Å². The predicted molar refractivity (Wildman–Crippen MR) is 74.1 cm³/mol. The van der Waals surface area contributed by atoms with Crippen LogP contribution in [0.25, 0.3) is 0 Å². The lowest BCUT2D eigenvalue weighted by Crippen LogP contribution is -2.49. The molecule has 1 aliphatic rings. The van der Waals surface area contributed by atoms with Gasteiger partial charge >= 0.3 is 5.97 Å². The lowest BCUT2D eigenvalue weighted by Gasteiger charge is -2.36. The van der Waals surface area contributed by atoms with Gasteiger partial charge in [0.05, 0.1) is 0 Å². The van der Waals surface area contributed by atoms with Gasteiger partial charge in [0.1, 0.15) is 6.04 Å². The molecule has 2 rings (SSSR count). The van der Waals surface area contributed by atoms with Crippen molar-refractivity contribution in [1.29, 1.82) is 0 Å². The molecule has 5 heteroatoms. The van der Waals surface area contributed by atoms with Gasteiger partial charge < -0.3 is 10.0 Å². The number of aromatic nitrogens is 1. The second-order valence-electron chi connectivity index (χ2n) is 5.39. The Balaban J connectivity index is 1.95. The highest BCUT2D eigenvalue weighted by atomic mass is 16.4. The van der Waals surface area contributed by atoms with Crippen LogP contribution in [0, 0.1) is 5.92 Å². The van der Waals surface area contributed by atoms with Crippen LogP contribution in [0.4, 0.5) is 0 Å².